The van der Waals surface area contributed by atoms with Crippen molar-refractivity contribution < 1.29 is 13.5 Å². The molecule has 2 nitrogen and oxygen atoms in total. The van der Waals surface area contributed by atoms with Crippen LogP contribution in [-0.2, 0) is 0 Å². The maximum Gasteiger partial charge on any atom is 0.387 e. The first-order valence-electron chi connectivity index (χ1n) is 4.40. The van der Waals surface area contributed by atoms with Crippen LogP contribution >= 0.6 is 0 Å². The summed E-state index contributed by atoms with van der Waals surface area (Å²) in [5.74, 6) is 0.177. The standard InChI is InChI=1S/C10H13F2NO/c1-7(2)13-8-5-3-4-6-9(8)14-10(11)12/h3-7,10,13H,1-2H3. The summed E-state index contributed by atoms with van der Waals surface area (Å²) < 4.78 is 28.3. The number of rotatable bonds is 4. The third-order valence-corrected chi connectivity index (χ3v) is 1.55. The summed E-state index contributed by atoms with van der Waals surface area (Å²) in [6, 6.07) is 6.82. The lowest BCUT2D eigenvalue weighted by Crippen LogP contribution is -2.12. The minimum Gasteiger partial charge on any atom is -0.433 e. The Hall–Kier alpha value is -1.32. The van der Waals surface area contributed by atoms with Gasteiger partial charge in [0, 0.05) is 6.04 Å². The molecule has 1 N–H and O–H groups in total. The smallest absolute Gasteiger partial charge is 0.387 e. The number of benzene rings is 1. The SMILES string of the molecule is CC(C)Nc1ccccc1OC(F)F. The van der Waals surface area contributed by atoms with Crippen LogP contribution in [0.4, 0.5) is 14.5 Å². The highest BCUT2D eigenvalue weighted by atomic mass is 19.3. The first-order chi connectivity index (χ1) is 6.59. The summed E-state index contributed by atoms with van der Waals surface area (Å²) in [4.78, 5) is 0. The van der Waals surface area contributed by atoms with Crippen molar-refractivity contribution in [2.75, 3.05) is 5.32 Å². The molecule has 0 saturated heterocycles. The van der Waals surface area contributed by atoms with Gasteiger partial charge in [0.1, 0.15) is 5.75 Å². The second-order valence-electron chi connectivity index (χ2n) is 3.17. The van der Waals surface area contributed by atoms with Crippen LogP contribution in [0.1, 0.15) is 13.8 Å². The number of para-hydroxylation sites is 2. The van der Waals surface area contributed by atoms with Crippen LogP contribution in [0, 0.1) is 0 Å². The number of halogens is 2. The van der Waals surface area contributed by atoms with Crippen LogP contribution in [0.2, 0.25) is 0 Å². The van der Waals surface area contributed by atoms with E-state index in [0.29, 0.717) is 5.69 Å². The zero-order valence-corrected chi connectivity index (χ0v) is 8.13. The number of hydrogen-bond donors (Lipinski definition) is 1. The molecular weight excluding hydrogens is 188 g/mol. The fourth-order valence-corrected chi connectivity index (χ4v) is 1.10. The van der Waals surface area contributed by atoms with Crippen molar-refractivity contribution in [3.05, 3.63) is 24.3 Å². The van der Waals surface area contributed by atoms with E-state index in [2.05, 4.69) is 10.1 Å². The highest BCUT2D eigenvalue weighted by Gasteiger charge is 2.08. The molecule has 0 radical (unpaired) electrons. The molecule has 0 fully saturated rings. The molecule has 0 bridgehead atoms. The van der Waals surface area contributed by atoms with E-state index >= 15 is 0 Å². The average molecular weight is 201 g/mol. The minimum absolute atomic E-state index is 0.177. The summed E-state index contributed by atoms with van der Waals surface area (Å²) in [6.45, 7) is 1.07. The second kappa shape index (κ2) is 4.79. The van der Waals surface area contributed by atoms with Crippen molar-refractivity contribution in [2.45, 2.75) is 26.5 Å². The van der Waals surface area contributed by atoms with Crippen LogP contribution in [-0.4, -0.2) is 12.7 Å². The molecule has 14 heavy (non-hydrogen) atoms. The predicted molar refractivity (Wildman–Crippen MR) is 51.8 cm³/mol. The Bertz CT molecular complexity index is 260. The van der Waals surface area contributed by atoms with Gasteiger partial charge in [-0.25, -0.2) is 0 Å². The van der Waals surface area contributed by atoms with Gasteiger partial charge >= 0.3 is 6.61 Å². The third-order valence-electron chi connectivity index (χ3n) is 1.55. The molecule has 1 aromatic rings. The van der Waals surface area contributed by atoms with Crippen molar-refractivity contribution in [3.63, 3.8) is 0 Å². The molecule has 4 heteroatoms. The Morgan fingerprint density at radius 3 is 2.43 bits per heavy atom. The predicted octanol–water partition coefficient (Wildman–Crippen LogP) is 3.11. The van der Waals surface area contributed by atoms with Crippen LogP contribution in [0.3, 0.4) is 0 Å². The summed E-state index contributed by atoms with van der Waals surface area (Å²) in [5.41, 5.74) is 0.586. The van der Waals surface area contributed by atoms with Gasteiger partial charge in [0.2, 0.25) is 0 Å². The van der Waals surface area contributed by atoms with Gasteiger partial charge in [0.15, 0.2) is 0 Å². The molecule has 0 saturated carbocycles. The molecule has 0 amide bonds. The monoisotopic (exact) mass is 201 g/mol. The van der Waals surface area contributed by atoms with Crippen LogP contribution in [0.15, 0.2) is 24.3 Å². The molecule has 78 valence electrons. The Kier molecular flexibility index (Phi) is 3.68. The average Bonchev–Trinajstić information content (AvgIpc) is 2.06. The Morgan fingerprint density at radius 1 is 1.21 bits per heavy atom. The molecular formula is C10H13F2NO. The Morgan fingerprint density at radius 2 is 1.86 bits per heavy atom. The molecule has 0 unspecified atom stereocenters. The number of hydrogen-bond acceptors (Lipinski definition) is 2. The lowest BCUT2D eigenvalue weighted by Gasteiger charge is -2.14. The summed E-state index contributed by atoms with van der Waals surface area (Å²) >= 11 is 0. The second-order valence-corrected chi connectivity index (χ2v) is 3.17. The number of ether oxygens (including phenoxy) is 1. The fraction of sp³-hybridized carbons (Fsp3) is 0.400. The Labute approximate surface area is 81.9 Å². The van der Waals surface area contributed by atoms with Gasteiger partial charge in [-0.05, 0) is 26.0 Å². The van der Waals surface area contributed by atoms with E-state index in [1.54, 1.807) is 18.2 Å². The van der Waals surface area contributed by atoms with E-state index in [0.717, 1.165) is 0 Å². The highest BCUT2D eigenvalue weighted by Crippen LogP contribution is 2.25. The zero-order chi connectivity index (χ0) is 10.6. The van der Waals surface area contributed by atoms with Gasteiger partial charge in [0.05, 0.1) is 5.69 Å². The lowest BCUT2D eigenvalue weighted by atomic mass is 10.2. The zero-order valence-electron chi connectivity index (χ0n) is 8.13. The van der Waals surface area contributed by atoms with Crippen LogP contribution < -0.4 is 10.1 Å². The number of anilines is 1. The fourth-order valence-electron chi connectivity index (χ4n) is 1.10. The van der Waals surface area contributed by atoms with Gasteiger partial charge in [-0.3, -0.25) is 0 Å². The van der Waals surface area contributed by atoms with Crippen molar-refractivity contribution in [3.8, 4) is 5.75 Å². The normalized spacial score (nSPS) is 10.7. The van der Waals surface area contributed by atoms with Gasteiger partial charge in [0.25, 0.3) is 0 Å². The molecule has 0 atom stereocenters. The maximum absolute atomic E-state index is 12.0. The third kappa shape index (κ3) is 3.20. The van der Waals surface area contributed by atoms with Crippen molar-refractivity contribution in [1.82, 2.24) is 0 Å². The molecule has 0 heterocycles. The van der Waals surface area contributed by atoms with E-state index < -0.39 is 6.61 Å². The molecule has 0 aliphatic carbocycles. The van der Waals surface area contributed by atoms with Gasteiger partial charge in [-0.15, -0.1) is 0 Å². The van der Waals surface area contributed by atoms with E-state index in [9.17, 15) is 8.78 Å². The van der Waals surface area contributed by atoms with E-state index in [-0.39, 0.29) is 11.8 Å². The van der Waals surface area contributed by atoms with Crippen molar-refractivity contribution >= 4 is 5.69 Å². The van der Waals surface area contributed by atoms with Gasteiger partial charge < -0.3 is 10.1 Å². The maximum atomic E-state index is 12.0. The Balaban J connectivity index is 2.80. The minimum atomic E-state index is -2.79. The lowest BCUT2D eigenvalue weighted by molar-refractivity contribution is -0.0493. The van der Waals surface area contributed by atoms with Crippen LogP contribution in [0.5, 0.6) is 5.75 Å². The quantitative estimate of drug-likeness (QED) is 0.808. The van der Waals surface area contributed by atoms with E-state index in [4.69, 9.17) is 0 Å². The summed E-state index contributed by atoms with van der Waals surface area (Å²) in [6.07, 6.45) is 0. The number of alkyl halides is 2. The number of nitrogens with one attached hydrogen (secondary N) is 1. The van der Waals surface area contributed by atoms with E-state index in [1.165, 1.54) is 6.07 Å². The molecule has 0 aliphatic heterocycles. The topological polar surface area (TPSA) is 21.3 Å². The van der Waals surface area contributed by atoms with Crippen molar-refractivity contribution in [2.24, 2.45) is 0 Å². The summed E-state index contributed by atoms with van der Waals surface area (Å²) in [7, 11) is 0. The molecule has 0 aliphatic rings. The molecule has 0 spiro atoms. The summed E-state index contributed by atoms with van der Waals surface area (Å²) in [5, 5.41) is 3.02. The van der Waals surface area contributed by atoms with Crippen LogP contribution in [0.25, 0.3) is 0 Å². The van der Waals surface area contributed by atoms with Crippen molar-refractivity contribution in [1.29, 1.82) is 0 Å². The largest absolute Gasteiger partial charge is 0.433 e. The van der Waals surface area contributed by atoms with Gasteiger partial charge in [-0.1, -0.05) is 12.1 Å². The highest BCUT2D eigenvalue weighted by molar-refractivity contribution is 5.56. The first-order valence-corrected chi connectivity index (χ1v) is 4.40. The first kappa shape index (κ1) is 10.8. The van der Waals surface area contributed by atoms with E-state index in [1.807, 2.05) is 13.8 Å². The molecule has 0 aromatic heterocycles. The molecule has 1 aromatic carbocycles. The van der Waals surface area contributed by atoms with Gasteiger partial charge in [-0.2, -0.15) is 8.78 Å². The molecule has 1 rings (SSSR count).